The molecule has 29 heavy (non-hydrogen) atoms. The molecule has 1 aliphatic carbocycles. The molecule has 2 aromatic carbocycles. The topological polar surface area (TPSA) is 75.0 Å². The third-order valence-corrected chi connectivity index (χ3v) is 5.50. The Hall–Kier alpha value is -2.80. The highest BCUT2D eigenvalue weighted by Crippen LogP contribution is 2.37. The number of hydrogen-bond donors (Lipinski definition) is 0. The molecule has 0 amide bonds. The van der Waals surface area contributed by atoms with E-state index in [9.17, 15) is 9.59 Å². The lowest BCUT2D eigenvalue weighted by Crippen LogP contribution is -2.10. The highest BCUT2D eigenvalue weighted by molar-refractivity contribution is 9.10. The van der Waals surface area contributed by atoms with Crippen LogP contribution in [-0.2, 0) is 12.8 Å². The van der Waals surface area contributed by atoms with Crippen LogP contribution in [0.15, 0.2) is 44.0 Å². The molecule has 6 nitrogen and oxygen atoms in total. The van der Waals surface area contributed by atoms with Crippen LogP contribution in [0.25, 0.3) is 11.0 Å². The summed E-state index contributed by atoms with van der Waals surface area (Å²) in [7, 11) is 1.50. The standard InChI is InChI=1S/C22H19BrO6/c1-3-27-20-17(23)9-12(10-19(20)26-2)21(24)28-13-7-8-15-14-5-4-6-16(14)22(25)29-18(15)11-13/h7-11H,3-6H2,1-2H3. The van der Waals surface area contributed by atoms with Crippen molar-refractivity contribution in [1.82, 2.24) is 0 Å². The average Bonchev–Trinajstić information content (AvgIpc) is 3.20. The summed E-state index contributed by atoms with van der Waals surface area (Å²) in [5, 5.41) is 0.891. The van der Waals surface area contributed by atoms with E-state index in [2.05, 4.69) is 15.9 Å². The van der Waals surface area contributed by atoms with Crippen LogP contribution in [0.1, 0.15) is 34.8 Å². The summed E-state index contributed by atoms with van der Waals surface area (Å²) in [6, 6.07) is 8.30. The molecule has 0 spiro atoms. The lowest BCUT2D eigenvalue weighted by atomic mass is 10.1. The molecule has 0 bridgehead atoms. The minimum absolute atomic E-state index is 0.299. The summed E-state index contributed by atoms with van der Waals surface area (Å²) in [5.74, 6) is 0.684. The normalized spacial score (nSPS) is 12.7. The number of carbonyl (C=O) groups is 1. The van der Waals surface area contributed by atoms with Gasteiger partial charge in [-0.25, -0.2) is 9.59 Å². The first-order valence-corrected chi connectivity index (χ1v) is 10.1. The predicted molar refractivity (Wildman–Crippen MR) is 111 cm³/mol. The Balaban J connectivity index is 1.65. The predicted octanol–water partition coefficient (Wildman–Crippen LogP) is 4.67. The Kier molecular flexibility index (Phi) is 5.32. The van der Waals surface area contributed by atoms with Crippen LogP contribution in [0.4, 0.5) is 0 Å². The van der Waals surface area contributed by atoms with Crippen LogP contribution in [0.2, 0.25) is 0 Å². The molecule has 0 saturated carbocycles. The fraction of sp³-hybridized carbons (Fsp3) is 0.273. The molecular weight excluding hydrogens is 440 g/mol. The van der Waals surface area contributed by atoms with Gasteiger partial charge in [0.1, 0.15) is 11.3 Å². The van der Waals surface area contributed by atoms with E-state index in [1.54, 1.807) is 24.3 Å². The van der Waals surface area contributed by atoms with Crippen LogP contribution in [0.5, 0.6) is 17.2 Å². The summed E-state index contributed by atoms with van der Waals surface area (Å²) < 4.78 is 22.4. The molecule has 3 aromatic rings. The maximum Gasteiger partial charge on any atom is 0.343 e. The number of carbonyl (C=O) groups excluding carboxylic acids is 1. The molecule has 7 heteroatoms. The highest BCUT2D eigenvalue weighted by atomic mass is 79.9. The van der Waals surface area contributed by atoms with Gasteiger partial charge >= 0.3 is 11.6 Å². The smallest absolute Gasteiger partial charge is 0.343 e. The van der Waals surface area contributed by atoms with E-state index in [-0.39, 0.29) is 5.63 Å². The number of hydrogen-bond acceptors (Lipinski definition) is 6. The van der Waals surface area contributed by atoms with Crippen molar-refractivity contribution in [2.75, 3.05) is 13.7 Å². The maximum absolute atomic E-state index is 12.7. The lowest BCUT2D eigenvalue weighted by molar-refractivity contribution is 0.0734. The minimum Gasteiger partial charge on any atom is -0.493 e. The van der Waals surface area contributed by atoms with Crippen LogP contribution in [-0.4, -0.2) is 19.7 Å². The number of esters is 1. The SMILES string of the molecule is CCOc1c(Br)cc(C(=O)Oc2ccc3c4c(c(=O)oc3c2)CCC4)cc1OC. The summed E-state index contributed by atoms with van der Waals surface area (Å²) in [6.07, 6.45) is 2.56. The van der Waals surface area contributed by atoms with Gasteiger partial charge in [0.2, 0.25) is 0 Å². The zero-order valence-electron chi connectivity index (χ0n) is 16.0. The Bertz CT molecular complexity index is 1160. The third kappa shape index (κ3) is 3.62. The van der Waals surface area contributed by atoms with Crippen LogP contribution in [0, 0.1) is 0 Å². The van der Waals surface area contributed by atoms with Crippen molar-refractivity contribution in [2.24, 2.45) is 0 Å². The van der Waals surface area contributed by atoms with E-state index in [1.807, 2.05) is 13.0 Å². The molecule has 0 radical (unpaired) electrons. The largest absolute Gasteiger partial charge is 0.493 e. The zero-order chi connectivity index (χ0) is 20.5. The molecule has 0 unspecified atom stereocenters. The van der Waals surface area contributed by atoms with E-state index in [1.165, 1.54) is 7.11 Å². The van der Waals surface area contributed by atoms with Gasteiger partial charge in [-0.1, -0.05) is 0 Å². The number of rotatable bonds is 5. The minimum atomic E-state index is -0.560. The van der Waals surface area contributed by atoms with E-state index in [0.717, 1.165) is 35.8 Å². The summed E-state index contributed by atoms with van der Waals surface area (Å²) in [4.78, 5) is 24.8. The first kappa shape index (κ1) is 19.5. The second-order valence-electron chi connectivity index (χ2n) is 6.67. The molecule has 0 fully saturated rings. The Morgan fingerprint density at radius 2 is 1.97 bits per heavy atom. The van der Waals surface area contributed by atoms with Gasteiger partial charge in [-0.05, 0) is 71.9 Å². The molecular formula is C22H19BrO6. The second-order valence-corrected chi connectivity index (χ2v) is 7.52. The molecule has 0 saturated heterocycles. The van der Waals surface area contributed by atoms with Gasteiger partial charge in [0.15, 0.2) is 11.5 Å². The fourth-order valence-electron chi connectivity index (χ4n) is 3.62. The quantitative estimate of drug-likeness (QED) is 0.314. The summed E-state index contributed by atoms with van der Waals surface area (Å²) in [6.45, 7) is 2.33. The van der Waals surface area contributed by atoms with Crippen molar-refractivity contribution in [2.45, 2.75) is 26.2 Å². The van der Waals surface area contributed by atoms with Crippen molar-refractivity contribution in [3.8, 4) is 17.2 Å². The molecule has 0 aliphatic heterocycles. The Labute approximate surface area is 175 Å². The number of fused-ring (bicyclic) bond motifs is 3. The van der Waals surface area contributed by atoms with E-state index in [4.69, 9.17) is 18.6 Å². The first-order chi connectivity index (χ1) is 14.0. The van der Waals surface area contributed by atoms with E-state index >= 15 is 0 Å². The number of methoxy groups -OCH3 is 1. The molecule has 0 N–H and O–H groups in total. The average molecular weight is 459 g/mol. The molecule has 150 valence electrons. The summed E-state index contributed by atoms with van der Waals surface area (Å²) >= 11 is 3.40. The molecule has 4 rings (SSSR count). The number of benzene rings is 2. The van der Waals surface area contributed by atoms with Crippen molar-refractivity contribution in [1.29, 1.82) is 0 Å². The fourth-order valence-corrected chi connectivity index (χ4v) is 4.17. The van der Waals surface area contributed by atoms with Gasteiger partial charge in [0.05, 0.1) is 23.8 Å². The highest BCUT2D eigenvalue weighted by Gasteiger charge is 2.21. The maximum atomic E-state index is 12.7. The van der Waals surface area contributed by atoms with Crippen molar-refractivity contribution in [3.63, 3.8) is 0 Å². The van der Waals surface area contributed by atoms with Gasteiger partial charge < -0.3 is 18.6 Å². The monoisotopic (exact) mass is 458 g/mol. The van der Waals surface area contributed by atoms with Gasteiger partial charge in [-0.15, -0.1) is 0 Å². The molecule has 1 aromatic heterocycles. The Morgan fingerprint density at radius 1 is 1.17 bits per heavy atom. The van der Waals surface area contributed by atoms with E-state index in [0.29, 0.717) is 39.5 Å². The van der Waals surface area contributed by atoms with E-state index < -0.39 is 5.97 Å². The van der Waals surface area contributed by atoms with Gasteiger partial charge in [0, 0.05) is 17.0 Å². The van der Waals surface area contributed by atoms with Crippen LogP contribution in [0.3, 0.4) is 0 Å². The number of ether oxygens (including phenoxy) is 3. The van der Waals surface area contributed by atoms with Crippen LogP contribution < -0.4 is 19.8 Å². The zero-order valence-corrected chi connectivity index (χ0v) is 17.6. The van der Waals surface area contributed by atoms with Gasteiger partial charge in [-0.2, -0.15) is 0 Å². The van der Waals surface area contributed by atoms with Gasteiger partial charge in [0.25, 0.3) is 0 Å². The summed E-state index contributed by atoms with van der Waals surface area (Å²) in [5.41, 5.74) is 2.20. The third-order valence-electron chi connectivity index (χ3n) is 4.91. The molecule has 1 aliphatic rings. The molecule has 1 heterocycles. The Morgan fingerprint density at radius 3 is 2.72 bits per heavy atom. The van der Waals surface area contributed by atoms with Gasteiger partial charge in [-0.3, -0.25) is 0 Å². The van der Waals surface area contributed by atoms with Crippen LogP contribution >= 0.6 is 15.9 Å². The van der Waals surface area contributed by atoms with Crippen molar-refractivity contribution < 1.29 is 23.4 Å². The lowest BCUT2D eigenvalue weighted by Gasteiger charge is -2.13. The van der Waals surface area contributed by atoms with Crippen molar-refractivity contribution >= 4 is 32.9 Å². The van der Waals surface area contributed by atoms with Crippen molar-refractivity contribution in [3.05, 3.63) is 61.9 Å². The molecule has 0 atom stereocenters. The number of halogens is 1. The number of aryl methyl sites for hydroxylation is 1. The second kappa shape index (κ2) is 7.91. The first-order valence-electron chi connectivity index (χ1n) is 9.33.